The van der Waals surface area contributed by atoms with Gasteiger partial charge in [0.15, 0.2) is 0 Å². The second-order valence-corrected chi connectivity index (χ2v) is 7.54. The number of likely N-dealkylation sites (N-methyl/N-ethyl adjacent to an activating group) is 1. The molecule has 0 saturated carbocycles. The van der Waals surface area contributed by atoms with E-state index in [1.54, 1.807) is 11.8 Å². The lowest BCUT2D eigenvalue weighted by atomic mass is 10.0. The Balaban J connectivity index is 1.66. The third kappa shape index (κ3) is 3.45. The second-order valence-electron chi connectivity index (χ2n) is 6.46. The van der Waals surface area contributed by atoms with Gasteiger partial charge >= 0.3 is 0 Å². The molecule has 2 aliphatic heterocycles. The third-order valence-electron chi connectivity index (χ3n) is 4.81. The highest BCUT2D eigenvalue weighted by atomic mass is 32.2. The van der Waals surface area contributed by atoms with Crippen LogP contribution in [0.15, 0.2) is 11.1 Å². The van der Waals surface area contributed by atoms with Crippen LogP contribution in [0.25, 0.3) is 0 Å². The lowest BCUT2D eigenvalue weighted by molar-refractivity contribution is 0.305. The van der Waals surface area contributed by atoms with Crippen molar-refractivity contribution in [2.75, 3.05) is 32.9 Å². The number of likely N-dealkylation sites (tertiary alicyclic amines) is 1. The molecule has 22 heavy (non-hydrogen) atoms. The molecule has 0 spiro atoms. The van der Waals surface area contributed by atoms with E-state index in [9.17, 15) is 5.26 Å². The number of thioether (sulfide) groups is 1. The maximum atomic E-state index is 9.41. The number of aromatic nitrogens is 1. The van der Waals surface area contributed by atoms with E-state index >= 15 is 0 Å². The molecule has 0 radical (unpaired) electrons. The molecule has 0 N–H and O–H groups in total. The molecule has 1 fully saturated rings. The van der Waals surface area contributed by atoms with Crippen LogP contribution in [0.2, 0.25) is 0 Å². The summed E-state index contributed by atoms with van der Waals surface area (Å²) < 4.78 is 0. The van der Waals surface area contributed by atoms with Gasteiger partial charge in [0.05, 0.1) is 5.56 Å². The van der Waals surface area contributed by atoms with Crippen LogP contribution < -0.4 is 0 Å². The predicted octanol–water partition coefficient (Wildman–Crippen LogP) is 2.52. The molecule has 0 aromatic carbocycles. The van der Waals surface area contributed by atoms with Gasteiger partial charge in [-0.15, -0.1) is 11.8 Å². The molecule has 3 heterocycles. The quantitative estimate of drug-likeness (QED) is 0.799. The summed E-state index contributed by atoms with van der Waals surface area (Å²) in [5, 5.41) is 10.4. The van der Waals surface area contributed by atoms with Gasteiger partial charge in [-0.05, 0) is 51.5 Å². The molecule has 1 atom stereocenters. The fourth-order valence-corrected chi connectivity index (χ4v) is 4.44. The van der Waals surface area contributed by atoms with Crippen LogP contribution in [0.3, 0.4) is 0 Å². The molecule has 5 heteroatoms. The SMILES string of the molecule is CN1CCc2nc(SCCC3CCCN3C)c(C#N)cc2C1. The van der Waals surface area contributed by atoms with Crippen molar-refractivity contribution in [3.63, 3.8) is 0 Å². The molecular formula is C17H24N4S. The van der Waals surface area contributed by atoms with Crippen LogP contribution in [0.1, 0.15) is 36.1 Å². The van der Waals surface area contributed by atoms with Gasteiger partial charge < -0.3 is 9.80 Å². The van der Waals surface area contributed by atoms with Gasteiger partial charge in [0.2, 0.25) is 0 Å². The van der Waals surface area contributed by atoms with Gasteiger partial charge in [-0.25, -0.2) is 4.98 Å². The van der Waals surface area contributed by atoms with Gasteiger partial charge in [-0.2, -0.15) is 5.26 Å². The summed E-state index contributed by atoms with van der Waals surface area (Å²) in [6.45, 7) is 3.20. The van der Waals surface area contributed by atoms with Crippen molar-refractivity contribution in [2.45, 2.75) is 43.3 Å². The molecule has 4 nitrogen and oxygen atoms in total. The summed E-state index contributed by atoms with van der Waals surface area (Å²) >= 11 is 1.76. The van der Waals surface area contributed by atoms with Gasteiger partial charge in [0, 0.05) is 37.0 Å². The molecule has 0 amide bonds. The summed E-state index contributed by atoms with van der Waals surface area (Å²) in [7, 11) is 4.34. The van der Waals surface area contributed by atoms with Crippen molar-refractivity contribution in [3.8, 4) is 6.07 Å². The fourth-order valence-electron chi connectivity index (χ4n) is 3.42. The van der Waals surface area contributed by atoms with Crippen molar-refractivity contribution in [1.82, 2.24) is 14.8 Å². The zero-order chi connectivity index (χ0) is 15.5. The number of fused-ring (bicyclic) bond motifs is 1. The Morgan fingerprint density at radius 2 is 2.27 bits per heavy atom. The predicted molar refractivity (Wildman–Crippen MR) is 90.0 cm³/mol. The molecule has 1 unspecified atom stereocenters. The minimum Gasteiger partial charge on any atom is -0.303 e. The largest absolute Gasteiger partial charge is 0.303 e. The molecule has 1 saturated heterocycles. The number of hydrogen-bond donors (Lipinski definition) is 0. The van der Waals surface area contributed by atoms with Gasteiger partial charge in [-0.3, -0.25) is 0 Å². The standard InChI is InChI=1S/C17H24N4S/c1-20-8-5-16-14(12-20)10-13(11-18)17(19-16)22-9-6-15-4-3-7-21(15)2/h10,15H,3-9,12H2,1-2H3. The Morgan fingerprint density at radius 1 is 1.41 bits per heavy atom. The fraction of sp³-hybridized carbons (Fsp3) is 0.647. The first-order valence-electron chi connectivity index (χ1n) is 8.12. The highest BCUT2D eigenvalue weighted by molar-refractivity contribution is 7.99. The van der Waals surface area contributed by atoms with E-state index in [4.69, 9.17) is 4.98 Å². The second kappa shape index (κ2) is 6.99. The summed E-state index contributed by atoms with van der Waals surface area (Å²) in [5.74, 6) is 1.05. The summed E-state index contributed by atoms with van der Waals surface area (Å²) in [6.07, 6.45) is 4.82. The average molecular weight is 316 g/mol. The van der Waals surface area contributed by atoms with Crippen LogP contribution >= 0.6 is 11.8 Å². The highest BCUT2D eigenvalue weighted by Crippen LogP contribution is 2.28. The minimum absolute atomic E-state index is 0.712. The topological polar surface area (TPSA) is 43.2 Å². The van der Waals surface area contributed by atoms with Gasteiger partial charge in [-0.1, -0.05) is 0 Å². The smallest absolute Gasteiger partial charge is 0.114 e. The van der Waals surface area contributed by atoms with E-state index in [2.05, 4.69) is 36.0 Å². The third-order valence-corrected chi connectivity index (χ3v) is 5.83. The van der Waals surface area contributed by atoms with E-state index < -0.39 is 0 Å². The molecule has 1 aromatic heterocycles. The van der Waals surface area contributed by atoms with Crippen LogP contribution in [0.4, 0.5) is 0 Å². The molecule has 118 valence electrons. The number of pyridine rings is 1. The highest BCUT2D eigenvalue weighted by Gasteiger charge is 2.21. The molecule has 1 aromatic rings. The first-order valence-corrected chi connectivity index (χ1v) is 9.10. The van der Waals surface area contributed by atoms with E-state index in [1.807, 2.05) is 0 Å². The van der Waals surface area contributed by atoms with Crippen LogP contribution in [0.5, 0.6) is 0 Å². The summed E-state index contributed by atoms with van der Waals surface area (Å²) in [4.78, 5) is 9.55. The average Bonchev–Trinajstić information content (AvgIpc) is 2.92. The number of nitrogens with zero attached hydrogens (tertiary/aromatic N) is 4. The zero-order valence-corrected chi connectivity index (χ0v) is 14.3. The Labute approximate surface area is 137 Å². The summed E-state index contributed by atoms with van der Waals surface area (Å²) in [5.41, 5.74) is 3.17. The Bertz CT molecular complexity index is 581. The molecule has 0 aliphatic carbocycles. The van der Waals surface area contributed by atoms with E-state index in [0.717, 1.165) is 35.9 Å². The van der Waals surface area contributed by atoms with Crippen molar-refractivity contribution < 1.29 is 0 Å². The Hall–Kier alpha value is -1.09. The van der Waals surface area contributed by atoms with Crippen LogP contribution in [0, 0.1) is 11.3 Å². The van der Waals surface area contributed by atoms with E-state index in [1.165, 1.54) is 37.1 Å². The van der Waals surface area contributed by atoms with Crippen molar-refractivity contribution in [3.05, 3.63) is 22.9 Å². The van der Waals surface area contributed by atoms with Crippen molar-refractivity contribution in [1.29, 1.82) is 5.26 Å². The van der Waals surface area contributed by atoms with E-state index in [0.29, 0.717) is 6.04 Å². The van der Waals surface area contributed by atoms with Crippen molar-refractivity contribution in [2.24, 2.45) is 0 Å². The molecule has 2 aliphatic rings. The monoisotopic (exact) mass is 316 g/mol. The number of nitriles is 1. The van der Waals surface area contributed by atoms with Crippen LogP contribution in [-0.4, -0.2) is 53.8 Å². The lowest BCUT2D eigenvalue weighted by Crippen LogP contribution is -2.27. The van der Waals surface area contributed by atoms with E-state index in [-0.39, 0.29) is 0 Å². The minimum atomic E-state index is 0.712. The first kappa shape index (κ1) is 15.8. The zero-order valence-electron chi connectivity index (χ0n) is 13.5. The maximum Gasteiger partial charge on any atom is 0.114 e. The first-order chi connectivity index (χ1) is 10.7. The maximum absolute atomic E-state index is 9.41. The summed E-state index contributed by atoms with van der Waals surface area (Å²) in [6, 6.07) is 5.11. The molecule has 3 rings (SSSR count). The molecular weight excluding hydrogens is 292 g/mol. The number of hydrogen-bond acceptors (Lipinski definition) is 5. The number of rotatable bonds is 4. The van der Waals surface area contributed by atoms with Gasteiger partial charge in [0.25, 0.3) is 0 Å². The van der Waals surface area contributed by atoms with Crippen molar-refractivity contribution >= 4 is 11.8 Å². The Morgan fingerprint density at radius 3 is 3.00 bits per heavy atom. The van der Waals surface area contributed by atoms with Crippen LogP contribution in [-0.2, 0) is 13.0 Å². The molecule has 0 bridgehead atoms. The normalized spacial score (nSPS) is 22.5. The lowest BCUT2D eigenvalue weighted by Gasteiger charge is -2.25. The Kier molecular flexibility index (Phi) is 5.02. The van der Waals surface area contributed by atoms with Gasteiger partial charge in [0.1, 0.15) is 11.1 Å².